The van der Waals surface area contributed by atoms with Crippen molar-refractivity contribution in [3.63, 3.8) is 0 Å². The van der Waals surface area contributed by atoms with Crippen LogP contribution in [0.1, 0.15) is 27.2 Å². The number of carbonyl (C=O) groups is 2. The van der Waals surface area contributed by atoms with Crippen molar-refractivity contribution in [2.45, 2.75) is 33.3 Å². The van der Waals surface area contributed by atoms with Crippen LogP contribution in [0.5, 0.6) is 0 Å². The SMILES string of the molecule is CC(=O)NCCSC(=O)/C(C)=C/C[C@@H](C)O. The number of carbonyl (C=O) groups excluding carboxylic acids is 2. The quantitative estimate of drug-likeness (QED) is 0.543. The molecular formula is C11H19NO3S. The summed E-state index contributed by atoms with van der Waals surface area (Å²) in [5.74, 6) is 0.479. The van der Waals surface area contributed by atoms with Gasteiger partial charge in [0.2, 0.25) is 11.0 Å². The van der Waals surface area contributed by atoms with Crippen LogP contribution in [0, 0.1) is 0 Å². The molecule has 0 saturated heterocycles. The lowest BCUT2D eigenvalue weighted by Crippen LogP contribution is -2.22. The van der Waals surface area contributed by atoms with Crippen LogP contribution in [-0.2, 0) is 9.59 Å². The van der Waals surface area contributed by atoms with Crippen molar-refractivity contribution < 1.29 is 14.7 Å². The second-order valence-electron chi connectivity index (χ2n) is 3.59. The summed E-state index contributed by atoms with van der Waals surface area (Å²) in [5.41, 5.74) is 0.647. The van der Waals surface area contributed by atoms with Gasteiger partial charge in [-0.3, -0.25) is 9.59 Å². The average molecular weight is 245 g/mol. The highest BCUT2D eigenvalue weighted by Crippen LogP contribution is 2.10. The third-order valence-electron chi connectivity index (χ3n) is 1.80. The summed E-state index contributed by atoms with van der Waals surface area (Å²) in [4.78, 5) is 22.1. The molecule has 0 radical (unpaired) electrons. The molecule has 0 aromatic rings. The molecule has 4 nitrogen and oxygen atoms in total. The molecule has 1 atom stereocenters. The van der Waals surface area contributed by atoms with E-state index < -0.39 is 6.10 Å². The van der Waals surface area contributed by atoms with Gasteiger partial charge in [-0.25, -0.2) is 0 Å². The predicted molar refractivity (Wildman–Crippen MR) is 66.2 cm³/mol. The average Bonchev–Trinajstić information content (AvgIpc) is 2.20. The first-order chi connectivity index (χ1) is 7.43. The van der Waals surface area contributed by atoms with E-state index in [1.807, 2.05) is 0 Å². The molecule has 92 valence electrons. The van der Waals surface area contributed by atoms with Gasteiger partial charge in [0.1, 0.15) is 0 Å². The van der Waals surface area contributed by atoms with Crippen molar-refractivity contribution in [1.82, 2.24) is 5.32 Å². The molecule has 0 aliphatic heterocycles. The van der Waals surface area contributed by atoms with E-state index in [0.717, 1.165) is 0 Å². The van der Waals surface area contributed by atoms with E-state index in [0.29, 0.717) is 24.3 Å². The Labute approximate surface area is 100 Å². The molecule has 0 aliphatic rings. The third-order valence-corrected chi connectivity index (χ3v) is 2.79. The van der Waals surface area contributed by atoms with Crippen molar-refractivity contribution in [2.75, 3.05) is 12.3 Å². The van der Waals surface area contributed by atoms with E-state index in [-0.39, 0.29) is 11.0 Å². The van der Waals surface area contributed by atoms with Crippen molar-refractivity contribution in [3.8, 4) is 0 Å². The molecule has 5 heteroatoms. The summed E-state index contributed by atoms with van der Waals surface area (Å²) in [6, 6.07) is 0. The van der Waals surface area contributed by atoms with Crippen LogP contribution in [-0.4, -0.2) is 34.5 Å². The molecule has 0 saturated carbocycles. The maximum absolute atomic E-state index is 11.5. The lowest BCUT2D eigenvalue weighted by atomic mass is 10.2. The minimum Gasteiger partial charge on any atom is -0.393 e. The minimum absolute atomic E-state index is 0.00833. The highest BCUT2D eigenvalue weighted by Gasteiger charge is 2.05. The lowest BCUT2D eigenvalue weighted by Gasteiger charge is -2.03. The van der Waals surface area contributed by atoms with Gasteiger partial charge in [0.25, 0.3) is 0 Å². The normalized spacial score (nSPS) is 13.4. The maximum Gasteiger partial charge on any atom is 0.216 e. The lowest BCUT2D eigenvalue weighted by molar-refractivity contribution is -0.118. The third kappa shape index (κ3) is 8.49. The Hall–Kier alpha value is -0.810. The number of aliphatic hydroxyl groups is 1. The summed E-state index contributed by atoms with van der Waals surface area (Å²) in [6.07, 6.45) is 1.80. The second-order valence-corrected chi connectivity index (χ2v) is 4.66. The highest BCUT2D eigenvalue weighted by molar-refractivity contribution is 8.14. The molecule has 0 spiro atoms. The fourth-order valence-electron chi connectivity index (χ4n) is 0.915. The van der Waals surface area contributed by atoms with Crippen molar-refractivity contribution >= 4 is 22.8 Å². The van der Waals surface area contributed by atoms with Gasteiger partial charge in [-0.2, -0.15) is 0 Å². The van der Waals surface area contributed by atoms with E-state index in [4.69, 9.17) is 5.11 Å². The van der Waals surface area contributed by atoms with E-state index >= 15 is 0 Å². The van der Waals surface area contributed by atoms with Gasteiger partial charge >= 0.3 is 0 Å². The van der Waals surface area contributed by atoms with Crippen LogP contribution >= 0.6 is 11.8 Å². The first-order valence-electron chi connectivity index (χ1n) is 5.20. The van der Waals surface area contributed by atoms with E-state index in [9.17, 15) is 9.59 Å². The minimum atomic E-state index is -0.424. The first-order valence-corrected chi connectivity index (χ1v) is 6.18. The van der Waals surface area contributed by atoms with Crippen LogP contribution in [0.3, 0.4) is 0 Å². The van der Waals surface area contributed by atoms with Crippen LogP contribution in [0.25, 0.3) is 0 Å². The van der Waals surface area contributed by atoms with Gasteiger partial charge in [-0.1, -0.05) is 17.8 Å². The molecule has 0 rings (SSSR count). The smallest absolute Gasteiger partial charge is 0.216 e. The Kier molecular flexibility index (Phi) is 7.93. The summed E-state index contributed by atoms with van der Waals surface area (Å²) >= 11 is 1.17. The molecule has 0 bridgehead atoms. The summed E-state index contributed by atoms with van der Waals surface area (Å²) in [7, 11) is 0. The monoisotopic (exact) mass is 245 g/mol. The summed E-state index contributed by atoms with van der Waals surface area (Å²) in [6.45, 7) is 5.35. The zero-order valence-electron chi connectivity index (χ0n) is 9.95. The van der Waals surface area contributed by atoms with Gasteiger partial charge in [-0.05, 0) is 25.8 Å². The van der Waals surface area contributed by atoms with Crippen molar-refractivity contribution in [1.29, 1.82) is 0 Å². The highest BCUT2D eigenvalue weighted by atomic mass is 32.2. The molecule has 2 N–H and O–H groups in total. The molecule has 0 heterocycles. The zero-order chi connectivity index (χ0) is 12.6. The number of nitrogens with one attached hydrogen (secondary N) is 1. The summed E-state index contributed by atoms with van der Waals surface area (Å²) in [5, 5.41) is 11.7. The van der Waals surface area contributed by atoms with E-state index in [2.05, 4.69) is 5.32 Å². The Bertz CT molecular complexity index is 274. The Balaban J connectivity index is 3.79. The van der Waals surface area contributed by atoms with E-state index in [1.54, 1.807) is 19.9 Å². The number of aliphatic hydroxyl groups excluding tert-OH is 1. The van der Waals surface area contributed by atoms with Crippen LogP contribution in [0.4, 0.5) is 0 Å². The van der Waals surface area contributed by atoms with Crippen molar-refractivity contribution in [2.24, 2.45) is 0 Å². The Morgan fingerprint density at radius 2 is 2.06 bits per heavy atom. The van der Waals surface area contributed by atoms with Gasteiger partial charge in [0.05, 0.1) is 6.10 Å². The fraction of sp³-hybridized carbons (Fsp3) is 0.636. The first kappa shape index (κ1) is 15.2. The molecule has 0 fully saturated rings. The number of thioether (sulfide) groups is 1. The van der Waals surface area contributed by atoms with E-state index in [1.165, 1.54) is 18.7 Å². The molecular weight excluding hydrogens is 226 g/mol. The van der Waals surface area contributed by atoms with Gasteiger partial charge in [0, 0.05) is 19.2 Å². The molecule has 1 amide bonds. The number of hydrogen-bond acceptors (Lipinski definition) is 4. The fourth-order valence-corrected chi connectivity index (χ4v) is 1.62. The van der Waals surface area contributed by atoms with Crippen LogP contribution in [0.2, 0.25) is 0 Å². The molecule has 0 unspecified atom stereocenters. The largest absolute Gasteiger partial charge is 0.393 e. The van der Waals surface area contributed by atoms with Gasteiger partial charge < -0.3 is 10.4 Å². The van der Waals surface area contributed by atoms with Crippen molar-refractivity contribution in [3.05, 3.63) is 11.6 Å². The van der Waals surface area contributed by atoms with Gasteiger partial charge in [-0.15, -0.1) is 0 Å². The topological polar surface area (TPSA) is 66.4 Å². The number of hydrogen-bond donors (Lipinski definition) is 2. The number of rotatable bonds is 6. The maximum atomic E-state index is 11.5. The molecule has 0 aromatic carbocycles. The summed E-state index contributed by atoms with van der Waals surface area (Å²) < 4.78 is 0. The zero-order valence-corrected chi connectivity index (χ0v) is 10.8. The van der Waals surface area contributed by atoms with Gasteiger partial charge in [0.15, 0.2) is 0 Å². The number of amides is 1. The Morgan fingerprint density at radius 1 is 1.44 bits per heavy atom. The predicted octanol–water partition coefficient (Wildman–Crippen LogP) is 1.10. The molecule has 0 aromatic heterocycles. The van der Waals surface area contributed by atoms with Crippen LogP contribution < -0.4 is 5.32 Å². The molecule has 16 heavy (non-hydrogen) atoms. The van der Waals surface area contributed by atoms with Crippen LogP contribution in [0.15, 0.2) is 11.6 Å². The Morgan fingerprint density at radius 3 is 2.56 bits per heavy atom. The molecule has 0 aliphatic carbocycles. The second kappa shape index (κ2) is 8.35. The standard InChI is InChI=1S/C11H19NO3S/c1-8(4-5-9(2)13)11(15)16-7-6-12-10(3)14/h4,9,13H,5-7H2,1-3H3,(H,12,14)/b8-4+/t9-/m1/s1.